The smallest absolute Gasteiger partial charge is 0.416 e. The second kappa shape index (κ2) is 6.47. The lowest BCUT2D eigenvalue weighted by Gasteiger charge is -2.20. The van der Waals surface area contributed by atoms with E-state index in [4.69, 9.17) is 10.00 Å². The minimum Gasteiger partial charge on any atom is -0.444 e. The Kier molecular flexibility index (Phi) is 4.74. The maximum absolute atomic E-state index is 12.7. The maximum atomic E-state index is 12.7. The molecule has 1 aromatic carbocycles. The number of ether oxygens (including phenoxy) is 1. The Bertz CT molecular complexity index is 812. The van der Waals surface area contributed by atoms with E-state index in [1.54, 1.807) is 20.8 Å². The maximum Gasteiger partial charge on any atom is 0.416 e. The fraction of sp³-hybridized carbons (Fsp3) is 0.312. The van der Waals surface area contributed by atoms with Crippen molar-refractivity contribution in [3.8, 4) is 11.8 Å². The number of anilines is 1. The predicted octanol–water partition coefficient (Wildman–Crippen LogP) is 4.11. The molecule has 1 amide bonds. The molecule has 0 fully saturated rings. The van der Waals surface area contributed by atoms with Crippen LogP contribution < -0.4 is 5.32 Å². The first kappa shape index (κ1) is 18.3. The number of alkyl halides is 3. The second-order valence-electron chi connectivity index (χ2n) is 6.10. The van der Waals surface area contributed by atoms with E-state index in [1.807, 2.05) is 6.07 Å². The number of nitriles is 1. The molecule has 132 valence electrons. The molecule has 0 radical (unpaired) electrons. The van der Waals surface area contributed by atoms with Crippen molar-refractivity contribution in [2.75, 3.05) is 5.32 Å². The van der Waals surface area contributed by atoms with Crippen molar-refractivity contribution in [1.82, 2.24) is 9.78 Å². The molecular weight excluding hydrogens is 337 g/mol. The van der Waals surface area contributed by atoms with Crippen molar-refractivity contribution in [2.45, 2.75) is 32.5 Å². The average Bonchev–Trinajstić information content (AvgIpc) is 2.87. The van der Waals surface area contributed by atoms with E-state index in [9.17, 15) is 18.0 Å². The monoisotopic (exact) mass is 352 g/mol. The van der Waals surface area contributed by atoms with E-state index < -0.39 is 23.4 Å². The van der Waals surface area contributed by atoms with E-state index in [0.29, 0.717) is 0 Å². The summed E-state index contributed by atoms with van der Waals surface area (Å²) >= 11 is 0. The highest BCUT2D eigenvalue weighted by Gasteiger charge is 2.30. The largest absolute Gasteiger partial charge is 0.444 e. The molecule has 1 heterocycles. The number of rotatable bonds is 2. The highest BCUT2D eigenvalue weighted by Crippen LogP contribution is 2.30. The van der Waals surface area contributed by atoms with Gasteiger partial charge >= 0.3 is 12.3 Å². The number of benzene rings is 1. The van der Waals surface area contributed by atoms with Gasteiger partial charge in [-0.05, 0) is 45.0 Å². The predicted molar refractivity (Wildman–Crippen MR) is 83.1 cm³/mol. The lowest BCUT2D eigenvalue weighted by Crippen LogP contribution is -2.28. The molecule has 0 atom stereocenters. The van der Waals surface area contributed by atoms with Crippen molar-refractivity contribution >= 4 is 11.9 Å². The summed E-state index contributed by atoms with van der Waals surface area (Å²) in [7, 11) is 0. The van der Waals surface area contributed by atoms with Crippen LogP contribution in [0.25, 0.3) is 5.69 Å². The van der Waals surface area contributed by atoms with Gasteiger partial charge < -0.3 is 4.74 Å². The summed E-state index contributed by atoms with van der Waals surface area (Å²) in [4.78, 5) is 11.9. The van der Waals surface area contributed by atoms with E-state index in [2.05, 4.69) is 10.4 Å². The van der Waals surface area contributed by atoms with Gasteiger partial charge in [-0.1, -0.05) is 0 Å². The van der Waals surface area contributed by atoms with Gasteiger partial charge in [-0.15, -0.1) is 0 Å². The van der Waals surface area contributed by atoms with Crippen LogP contribution in [-0.4, -0.2) is 21.5 Å². The van der Waals surface area contributed by atoms with Gasteiger partial charge in [-0.25, -0.2) is 9.48 Å². The van der Waals surface area contributed by atoms with E-state index >= 15 is 0 Å². The number of amides is 1. The summed E-state index contributed by atoms with van der Waals surface area (Å²) in [5, 5.41) is 15.5. The topological polar surface area (TPSA) is 79.9 Å². The molecule has 9 heteroatoms. The van der Waals surface area contributed by atoms with Gasteiger partial charge in [0.1, 0.15) is 17.2 Å². The standard InChI is InChI=1S/C16H15F3N4O2/c1-15(2,3)25-14(24)22-13-10(8-20)9-21-23(13)12-6-4-11(5-7-12)16(17,18)19/h4-7,9H,1-3H3,(H,22,24). The molecule has 2 rings (SSSR count). The fourth-order valence-electron chi connectivity index (χ4n) is 1.94. The first-order chi connectivity index (χ1) is 11.5. The quantitative estimate of drug-likeness (QED) is 0.882. The van der Waals surface area contributed by atoms with Crippen LogP contribution in [-0.2, 0) is 10.9 Å². The molecule has 0 spiro atoms. The molecule has 2 aromatic rings. The van der Waals surface area contributed by atoms with Gasteiger partial charge in [0, 0.05) is 0 Å². The van der Waals surface area contributed by atoms with Gasteiger partial charge in [0.15, 0.2) is 5.82 Å². The molecule has 0 aliphatic carbocycles. The van der Waals surface area contributed by atoms with Crippen LogP contribution in [0.2, 0.25) is 0 Å². The summed E-state index contributed by atoms with van der Waals surface area (Å²) in [6.07, 6.45) is -4.07. The number of carbonyl (C=O) groups is 1. The third-order valence-corrected chi connectivity index (χ3v) is 2.95. The third kappa shape index (κ3) is 4.50. The van der Waals surface area contributed by atoms with Crippen LogP contribution in [0.15, 0.2) is 30.5 Å². The average molecular weight is 352 g/mol. The van der Waals surface area contributed by atoms with Crippen molar-refractivity contribution in [2.24, 2.45) is 0 Å². The van der Waals surface area contributed by atoms with Crippen molar-refractivity contribution in [3.63, 3.8) is 0 Å². The molecule has 6 nitrogen and oxygen atoms in total. The Balaban J connectivity index is 2.35. The normalized spacial score (nSPS) is 11.7. The highest BCUT2D eigenvalue weighted by atomic mass is 19.4. The van der Waals surface area contributed by atoms with E-state index in [1.165, 1.54) is 18.3 Å². The van der Waals surface area contributed by atoms with Crippen LogP contribution in [0.3, 0.4) is 0 Å². The summed E-state index contributed by atoms with van der Waals surface area (Å²) in [5.74, 6) is 0.0107. The Morgan fingerprint density at radius 2 is 1.84 bits per heavy atom. The number of halogens is 3. The zero-order valence-corrected chi connectivity index (χ0v) is 13.7. The summed E-state index contributed by atoms with van der Waals surface area (Å²) in [5.41, 5.74) is -1.27. The number of carbonyl (C=O) groups excluding carboxylic acids is 1. The molecular formula is C16H15F3N4O2. The molecule has 0 saturated carbocycles. The number of nitrogens with zero attached hydrogens (tertiary/aromatic N) is 3. The second-order valence-corrected chi connectivity index (χ2v) is 6.10. The number of hydrogen-bond donors (Lipinski definition) is 1. The Morgan fingerprint density at radius 3 is 2.32 bits per heavy atom. The van der Waals surface area contributed by atoms with Gasteiger partial charge in [-0.2, -0.15) is 23.5 Å². The lowest BCUT2D eigenvalue weighted by molar-refractivity contribution is -0.137. The molecule has 1 N–H and O–H groups in total. The molecule has 0 bridgehead atoms. The molecule has 25 heavy (non-hydrogen) atoms. The zero-order chi connectivity index (χ0) is 18.8. The highest BCUT2D eigenvalue weighted by molar-refractivity contribution is 5.86. The lowest BCUT2D eigenvalue weighted by atomic mass is 10.2. The third-order valence-electron chi connectivity index (χ3n) is 2.95. The van der Waals surface area contributed by atoms with Crippen LogP contribution >= 0.6 is 0 Å². The van der Waals surface area contributed by atoms with Gasteiger partial charge in [0.25, 0.3) is 0 Å². The summed E-state index contributed by atoms with van der Waals surface area (Å²) in [6, 6.07) is 6.02. The molecule has 0 aliphatic rings. The number of hydrogen-bond acceptors (Lipinski definition) is 4. The number of nitrogens with one attached hydrogen (secondary N) is 1. The SMILES string of the molecule is CC(C)(C)OC(=O)Nc1c(C#N)cnn1-c1ccc(C(F)(F)F)cc1. The van der Waals surface area contributed by atoms with Crippen LogP contribution in [0, 0.1) is 11.3 Å². The first-order valence-corrected chi connectivity index (χ1v) is 7.17. The van der Waals surface area contributed by atoms with Gasteiger partial charge in [-0.3, -0.25) is 5.32 Å². The molecule has 0 unspecified atom stereocenters. The Morgan fingerprint density at radius 1 is 1.24 bits per heavy atom. The van der Waals surface area contributed by atoms with Crippen LogP contribution in [0.5, 0.6) is 0 Å². The molecule has 0 saturated heterocycles. The fourth-order valence-corrected chi connectivity index (χ4v) is 1.94. The van der Waals surface area contributed by atoms with E-state index in [0.717, 1.165) is 16.8 Å². The molecule has 1 aromatic heterocycles. The van der Waals surface area contributed by atoms with Crippen molar-refractivity contribution in [3.05, 3.63) is 41.6 Å². The summed E-state index contributed by atoms with van der Waals surface area (Å²) in [6.45, 7) is 5.01. The van der Waals surface area contributed by atoms with Crippen molar-refractivity contribution in [1.29, 1.82) is 5.26 Å². The first-order valence-electron chi connectivity index (χ1n) is 7.17. The Hall–Kier alpha value is -3.02. The summed E-state index contributed by atoms with van der Waals surface area (Å²) < 4.78 is 44.2. The number of aromatic nitrogens is 2. The molecule has 0 aliphatic heterocycles. The zero-order valence-electron chi connectivity index (χ0n) is 13.7. The van der Waals surface area contributed by atoms with Gasteiger partial charge in [0.05, 0.1) is 17.4 Å². The Labute approximate surface area is 141 Å². The van der Waals surface area contributed by atoms with Gasteiger partial charge in [0.2, 0.25) is 0 Å². The van der Waals surface area contributed by atoms with Crippen molar-refractivity contribution < 1.29 is 22.7 Å². The minimum atomic E-state index is -4.46. The van der Waals surface area contributed by atoms with E-state index in [-0.39, 0.29) is 17.1 Å². The minimum absolute atomic E-state index is 0.0107. The van der Waals surface area contributed by atoms with Crippen LogP contribution in [0.4, 0.5) is 23.8 Å². The van der Waals surface area contributed by atoms with Crippen LogP contribution in [0.1, 0.15) is 31.9 Å².